The van der Waals surface area contributed by atoms with Gasteiger partial charge in [-0.2, -0.15) is 0 Å². The van der Waals surface area contributed by atoms with E-state index in [2.05, 4.69) is 0 Å². The molecule has 0 radical (unpaired) electrons. The van der Waals surface area contributed by atoms with Crippen molar-refractivity contribution < 1.29 is 24.5 Å². The first-order valence-corrected chi connectivity index (χ1v) is 8.46. The summed E-state index contributed by atoms with van der Waals surface area (Å²) in [6.45, 7) is 1.67. The second-order valence-electron chi connectivity index (χ2n) is 5.26. The predicted octanol–water partition coefficient (Wildman–Crippen LogP) is 2.50. The van der Waals surface area contributed by atoms with E-state index < -0.39 is 27.2 Å². The van der Waals surface area contributed by atoms with E-state index >= 15 is 0 Å². The quantitative estimate of drug-likeness (QED) is 0.200. The van der Waals surface area contributed by atoms with Crippen LogP contribution in [0.25, 0.3) is 0 Å². The Balaban J connectivity index is 3.55. The lowest BCUT2D eigenvalue weighted by Gasteiger charge is -2.24. The summed E-state index contributed by atoms with van der Waals surface area (Å²) < 4.78 is 5.08. The number of non-ortho nitro benzene ring substituents is 1. The number of esters is 1. The van der Waals surface area contributed by atoms with E-state index in [1.54, 1.807) is 0 Å². The van der Waals surface area contributed by atoms with Gasteiger partial charge in [0.1, 0.15) is 5.69 Å². The van der Waals surface area contributed by atoms with E-state index in [9.17, 15) is 30.1 Å². The van der Waals surface area contributed by atoms with Crippen LogP contribution in [0.2, 0.25) is 0 Å². The fraction of sp³-hybridized carbons (Fsp3) is 0.533. The van der Waals surface area contributed by atoms with Crippen molar-refractivity contribution in [3.63, 3.8) is 0 Å². The van der Waals surface area contributed by atoms with E-state index in [-0.39, 0.29) is 43.4 Å². The number of nitro benzene ring substituents is 2. The molecule has 0 heterocycles. The first-order valence-electron chi connectivity index (χ1n) is 7.93. The Morgan fingerprint density at radius 1 is 1.27 bits per heavy atom. The highest BCUT2D eigenvalue weighted by atomic mass is 35.5. The lowest BCUT2D eigenvalue weighted by atomic mass is 10.1. The highest BCUT2D eigenvalue weighted by Crippen LogP contribution is 2.36. The molecule has 0 saturated heterocycles. The number of ether oxygens (including phenoxy) is 1. The number of rotatable bonds is 11. The van der Waals surface area contributed by atoms with Crippen LogP contribution in [-0.2, 0) is 4.74 Å². The van der Waals surface area contributed by atoms with Crippen LogP contribution >= 0.6 is 11.6 Å². The number of hydrogen-bond acceptors (Lipinski definition) is 8. The summed E-state index contributed by atoms with van der Waals surface area (Å²) in [7, 11) is 0. The van der Waals surface area contributed by atoms with Gasteiger partial charge in [0.15, 0.2) is 0 Å². The summed E-state index contributed by atoms with van der Waals surface area (Å²) in [5, 5.41) is 31.8. The van der Waals surface area contributed by atoms with Crippen LogP contribution in [0.1, 0.15) is 30.1 Å². The number of aliphatic hydroxyl groups is 1. The van der Waals surface area contributed by atoms with Crippen LogP contribution in [0, 0.1) is 20.2 Å². The monoisotopic (exact) mass is 389 g/mol. The predicted molar refractivity (Wildman–Crippen MR) is 95.0 cm³/mol. The Bertz CT molecular complexity index is 663. The maximum atomic E-state index is 12.4. The molecule has 0 bridgehead atoms. The Morgan fingerprint density at radius 3 is 2.46 bits per heavy atom. The Hall–Kier alpha value is -2.46. The molecule has 0 atom stereocenters. The molecule has 1 N–H and O–H groups in total. The molecule has 144 valence electrons. The number of anilines is 1. The third-order valence-electron chi connectivity index (χ3n) is 3.47. The highest BCUT2D eigenvalue weighted by molar-refractivity contribution is 6.18. The molecule has 0 spiro atoms. The van der Waals surface area contributed by atoms with E-state index in [1.165, 1.54) is 4.90 Å². The van der Waals surface area contributed by atoms with Crippen LogP contribution in [0.3, 0.4) is 0 Å². The highest BCUT2D eigenvalue weighted by Gasteiger charge is 2.31. The molecule has 0 saturated carbocycles. The summed E-state index contributed by atoms with van der Waals surface area (Å²) in [4.78, 5) is 34.7. The van der Waals surface area contributed by atoms with Crippen LogP contribution in [0.5, 0.6) is 0 Å². The van der Waals surface area contributed by atoms with Gasteiger partial charge in [-0.15, -0.1) is 11.6 Å². The van der Waals surface area contributed by atoms with Crippen LogP contribution in [-0.4, -0.2) is 53.1 Å². The van der Waals surface area contributed by atoms with Crippen LogP contribution in [0.4, 0.5) is 17.1 Å². The molecule has 0 aliphatic heterocycles. The average Bonchev–Trinajstić information content (AvgIpc) is 2.60. The van der Waals surface area contributed by atoms with Crippen molar-refractivity contribution in [3.05, 3.63) is 37.9 Å². The molecule has 10 nitrogen and oxygen atoms in total. The minimum Gasteiger partial charge on any atom is -0.462 e. The third kappa shape index (κ3) is 5.53. The molecule has 1 aromatic rings. The Morgan fingerprint density at radius 2 is 1.96 bits per heavy atom. The van der Waals surface area contributed by atoms with Gasteiger partial charge in [-0.1, -0.05) is 13.3 Å². The largest absolute Gasteiger partial charge is 0.462 e. The van der Waals surface area contributed by atoms with Gasteiger partial charge in [0.25, 0.3) is 11.4 Å². The summed E-state index contributed by atoms with van der Waals surface area (Å²) in [5.41, 5.74) is -1.68. The number of nitrogens with zero attached hydrogens (tertiary/aromatic N) is 3. The fourth-order valence-electron chi connectivity index (χ4n) is 2.28. The minimum absolute atomic E-state index is 0.0411. The second-order valence-corrected chi connectivity index (χ2v) is 5.64. The van der Waals surface area contributed by atoms with Crippen LogP contribution < -0.4 is 4.90 Å². The normalized spacial score (nSPS) is 10.4. The standard InChI is InChI=1S/C15H20ClN3O7/c1-2-3-8-26-15(21)12-9-11(18(22)23)10-13(19(24)25)14(12)17(5-4-16)6-7-20/h9-10,20H,2-8H2,1H3. The van der Waals surface area contributed by atoms with Crippen molar-refractivity contribution in [1.82, 2.24) is 0 Å². The zero-order valence-electron chi connectivity index (χ0n) is 14.2. The first-order chi connectivity index (χ1) is 12.4. The number of benzene rings is 1. The number of aliphatic hydroxyl groups excluding tert-OH is 1. The van der Waals surface area contributed by atoms with Crippen molar-refractivity contribution in [2.75, 3.05) is 37.1 Å². The molecule has 11 heteroatoms. The second kappa shape index (κ2) is 10.5. The third-order valence-corrected chi connectivity index (χ3v) is 3.64. The molecule has 0 amide bonds. The van der Waals surface area contributed by atoms with Gasteiger partial charge in [-0.05, 0) is 6.42 Å². The van der Waals surface area contributed by atoms with E-state index in [1.807, 2.05) is 6.92 Å². The lowest BCUT2D eigenvalue weighted by molar-refractivity contribution is -0.393. The number of alkyl halides is 1. The number of carbonyl (C=O) groups excluding carboxylic acids is 1. The van der Waals surface area contributed by atoms with Crippen molar-refractivity contribution in [1.29, 1.82) is 0 Å². The van der Waals surface area contributed by atoms with Gasteiger partial charge >= 0.3 is 5.97 Å². The van der Waals surface area contributed by atoms with Crippen molar-refractivity contribution in [3.8, 4) is 0 Å². The molecular formula is C15H20ClN3O7. The minimum atomic E-state index is -0.905. The van der Waals surface area contributed by atoms with Crippen molar-refractivity contribution >= 4 is 34.6 Å². The molecule has 0 fully saturated rings. The van der Waals surface area contributed by atoms with Gasteiger partial charge in [0.05, 0.1) is 34.7 Å². The van der Waals surface area contributed by atoms with Gasteiger partial charge < -0.3 is 14.7 Å². The molecule has 26 heavy (non-hydrogen) atoms. The maximum Gasteiger partial charge on any atom is 0.340 e. The summed E-state index contributed by atoms with van der Waals surface area (Å²) in [5.74, 6) is -0.837. The summed E-state index contributed by atoms with van der Waals surface area (Å²) >= 11 is 5.71. The number of hydrogen-bond donors (Lipinski definition) is 1. The number of halogens is 1. The van der Waals surface area contributed by atoms with Crippen molar-refractivity contribution in [2.24, 2.45) is 0 Å². The molecule has 0 aliphatic rings. The zero-order chi connectivity index (χ0) is 19.7. The summed E-state index contributed by atoms with van der Waals surface area (Å²) in [6, 6.07) is 1.71. The van der Waals surface area contributed by atoms with E-state index in [0.29, 0.717) is 6.42 Å². The van der Waals surface area contributed by atoms with E-state index in [4.69, 9.17) is 16.3 Å². The smallest absolute Gasteiger partial charge is 0.340 e. The molecular weight excluding hydrogens is 370 g/mol. The average molecular weight is 390 g/mol. The maximum absolute atomic E-state index is 12.4. The van der Waals surface area contributed by atoms with Gasteiger partial charge in [0.2, 0.25) is 0 Å². The summed E-state index contributed by atoms with van der Waals surface area (Å²) in [6.07, 6.45) is 1.35. The Labute approximate surface area is 154 Å². The number of unbranched alkanes of at least 4 members (excludes halogenated alkanes) is 1. The molecule has 1 aromatic carbocycles. The van der Waals surface area contributed by atoms with Gasteiger partial charge in [-0.25, -0.2) is 4.79 Å². The fourth-order valence-corrected chi connectivity index (χ4v) is 2.49. The molecule has 0 unspecified atom stereocenters. The van der Waals surface area contributed by atoms with E-state index in [0.717, 1.165) is 18.6 Å². The number of carbonyl (C=O) groups is 1. The van der Waals surface area contributed by atoms with Gasteiger partial charge in [0, 0.05) is 25.0 Å². The molecule has 1 rings (SSSR count). The lowest BCUT2D eigenvalue weighted by Crippen LogP contribution is -2.31. The molecule has 0 aromatic heterocycles. The zero-order valence-corrected chi connectivity index (χ0v) is 15.0. The van der Waals surface area contributed by atoms with Crippen molar-refractivity contribution in [2.45, 2.75) is 19.8 Å². The van der Waals surface area contributed by atoms with Gasteiger partial charge in [-0.3, -0.25) is 20.2 Å². The first kappa shape index (κ1) is 21.6. The Kier molecular flexibility index (Phi) is 8.73. The van der Waals surface area contributed by atoms with Crippen LogP contribution in [0.15, 0.2) is 12.1 Å². The molecule has 0 aliphatic carbocycles. The topological polar surface area (TPSA) is 136 Å². The number of nitro groups is 2. The SMILES string of the molecule is CCCCOC(=O)c1cc([N+](=O)[O-])cc([N+](=O)[O-])c1N(CCO)CCCl.